The average Bonchev–Trinajstić information content (AvgIpc) is 2.35. The highest BCUT2D eigenvalue weighted by Crippen LogP contribution is 2.14. The summed E-state index contributed by atoms with van der Waals surface area (Å²) in [4.78, 5) is 4.49. The van der Waals surface area contributed by atoms with Gasteiger partial charge < -0.3 is 10.1 Å². The van der Waals surface area contributed by atoms with Crippen LogP contribution in [0.4, 0.5) is 0 Å². The van der Waals surface area contributed by atoms with Crippen LogP contribution >= 0.6 is 0 Å². The first-order valence-corrected chi connectivity index (χ1v) is 5.85. The normalized spacial score (nSPS) is 10.9. The highest BCUT2D eigenvalue weighted by Gasteiger charge is 1.98. The molecule has 0 spiro atoms. The molecule has 1 N–H and O–H groups in total. The van der Waals surface area contributed by atoms with Gasteiger partial charge in [-0.2, -0.15) is 0 Å². The molecule has 0 saturated heterocycles. The van der Waals surface area contributed by atoms with E-state index in [0.29, 0.717) is 0 Å². The minimum Gasteiger partial charge on any atom is -0.383 e. The molecule has 0 aliphatic heterocycles. The highest BCUT2D eigenvalue weighted by atomic mass is 16.5. The monoisotopic (exact) mass is 230 g/mol. The molecule has 3 nitrogen and oxygen atoms in total. The standard InChI is InChI=1S/C14H18N2O/c1-11-3-5-13-9-12(4-6-14(13)16-11)10-15-7-8-17-2/h3-6,9,15H,7-8,10H2,1-2H3. The number of nitrogens with zero attached hydrogens (tertiary/aromatic N) is 1. The first-order chi connectivity index (χ1) is 8.29. The lowest BCUT2D eigenvalue weighted by Gasteiger charge is -2.06. The topological polar surface area (TPSA) is 34.1 Å². The molecule has 0 bridgehead atoms. The Labute approximate surface area is 102 Å². The van der Waals surface area contributed by atoms with E-state index in [9.17, 15) is 0 Å². The van der Waals surface area contributed by atoms with E-state index in [1.165, 1.54) is 10.9 Å². The summed E-state index contributed by atoms with van der Waals surface area (Å²) in [5, 5.41) is 4.53. The third kappa shape index (κ3) is 3.25. The number of aryl methyl sites for hydroxylation is 1. The summed E-state index contributed by atoms with van der Waals surface area (Å²) in [6.45, 7) is 4.50. The van der Waals surface area contributed by atoms with Gasteiger partial charge in [0.1, 0.15) is 0 Å². The van der Waals surface area contributed by atoms with Gasteiger partial charge in [-0.3, -0.25) is 4.98 Å². The van der Waals surface area contributed by atoms with E-state index in [2.05, 4.69) is 34.6 Å². The summed E-state index contributed by atoms with van der Waals surface area (Å²) in [5.41, 5.74) is 3.40. The SMILES string of the molecule is COCCNCc1ccc2nc(C)ccc2c1. The van der Waals surface area contributed by atoms with E-state index in [1.807, 2.05) is 13.0 Å². The number of methoxy groups -OCH3 is 1. The Morgan fingerprint density at radius 3 is 2.94 bits per heavy atom. The molecule has 1 aromatic carbocycles. The summed E-state index contributed by atoms with van der Waals surface area (Å²) >= 11 is 0. The smallest absolute Gasteiger partial charge is 0.0705 e. The second kappa shape index (κ2) is 5.75. The van der Waals surface area contributed by atoms with E-state index >= 15 is 0 Å². The zero-order chi connectivity index (χ0) is 12.1. The number of pyridine rings is 1. The predicted molar refractivity (Wildman–Crippen MR) is 70.1 cm³/mol. The zero-order valence-electron chi connectivity index (χ0n) is 10.4. The van der Waals surface area contributed by atoms with Gasteiger partial charge >= 0.3 is 0 Å². The predicted octanol–water partition coefficient (Wildman–Crippen LogP) is 2.28. The van der Waals surface area contributed by atoms with Crippen LogP contribution in [-0.4, -0.2) is 25.2 Å². The van der Waals surface area contributed by atoms with Crippen molar-refractivity contribution in [3.05, 3.63) is 41.6 Å². The van der Waals surface area contributed by atoms with Crippen molar-refractivity contribution in [1.82, 2.24) is 10.3 Å². The molecule has 90 valence electrons. The van der Waals surface area contributed by atoms with Crippen molar-refractivity contribution in [1.29, 1.82) is 0 Å². The Bertz CT molecular complexity index is 497. The molecule has 3 heteroatoms. The third-order valence-corrected chi connectivity index (χ3v) is 2.70. The van der Waals surface area contributed by atoms with E-state index in [4.69, 9.17) is 4.74 Å². The molecule has 2 rings (SSSR count). The molecule has 0 aliphatic carbocycles. The van der Waals surface area contributed by atoms with Crippen molar-refractivity contribution in [2.24, 2.45) is 0 Å². The summed E-state index contributed by atoms with van der Waals surface area (Å²) in [7, 11) is 1.71. The van der Waals surface area contributed by atoms with E-state index < -0.39 is 0 Å². The van der Waals surface area contributed by atoms with Crippen molar-refractivity contribution in [3.8, 4) is 0 Å². The Morgan fingerprint density at radius 1 is 1.24 bits per heavy atom. The molecule has 2 aromatic rings. The molecule has 0 radical (unpaired) electrons. The molecule has 0 fully saturated rings. The molecule has 0 amide bonds. The van der Waals surface area contributed by atoms with Gasteiger partial charge in [0.2, 0.25) is 0 Å². The molecule has 0 atom stereocenters. The quantitative estimate of drug-likeness (QED) is 0.800. The van der Waals surface area contributed by atoms with Gasteiger partial charge in [0.25, 0.3) is 0 Å². The average molecular weight is 230 g/mol. The lowest BCUT2D eigenvalue weighted by molar-refractivity contribution is 0.199. The molecule has 1 aromatic heterocycles. The number of ether oxygens (including phenoxy) is 1. The van der Waals surface area contributed by atoms with Gasteiger partial charge in [-0.1, -0.05) is 12.1 Å². The fourth-order valence-electron chi connectivity index (χ4n) is 1.79. The maximum absolute atomic E-state index is 4.99. The first-order valence-electron chi connectivity index (χ1n) is 5.85. The van der Waals surface area contributed by atoms with Crippen LogP contribution in [0.25, 0.3) is 10.9 Å². The number of rotatable bonds is 5. The van der Waals surface area contributed by atoms with Crippen molar-refractivity contribution < 1.29 is 4.74 Å². The number of benzene rings is 1. The van der Waals surface area contributed by atoms with Crippen LogP contribution in [0.15, 0.2) is 30.3 Å². The fraction of sp³-hybridized carbons (Fsp3) is 0.357. The summed E-state index contributed by atoms with van der Waals surface area (Å²) in [6.07, 6.45) is 0. The Kier molecular flexibility index (Phi) is 4.07. The third-order valence-electron chi connectivity index (χ3n) is 2.70. The minimum absolute atomic E-state index is 0.744. The molecule has 0 unspecified atom stereocenters. The van der Waals surface area contributed by atoms with Crippen molar-refractivity contribution in [3.63, 3.8) is 0 Å². The van der Waals surface area contributed by atoms with Gasteiger partial charge in [-0.15, -0.1) is 0 Å². The number of hydrogen-bond acceptors (Lipinski definition) is 3. The molecular formula is C14H18N2O. The van der Waals surface area contributed by atoms with Crippen LogP contribution in [0.2, 0.25) is 0 Å². The molecular weight excluding hydrogens is 212 g/mol. The highest BCUT2D eigenvalue weighted by molar-refractivity contribution is 5.79. The zero-order valence-corrected chi connectivity index (χ0v) is 10.4. The van der Waals surface area contributed by atoms with Gasteiger partial charge in [0, 0.05) is 31.3 Å². The van der Waals surface area contributed by atoms with Crippen LogP contribution in [-0.2, 0) is 11.3 Å². The van der Waals surface area contributed by atoms with Gasteiger partial charge in [0.15, 0.2) is 0 Å². The van der Waals surface area contributed by atoms with E-state index in [1.54, 1.807) is 7.11 Å². The van der Waals surface area contributed by atoms with Gasteiger partial charge in [-0.25, -0.2) is 0 Å². The van der Waals surface area contributed by atoms with Crippen molar-refractivity contribution in [2.45, 2.75) is 13.5 Å². The number of aromatic nitrogens is 1. The maximum atomic E-state index is 4.99. The van der Waals surface area contributed by atoms with E-state index in [0.717, 1.165) is 30.9 Å². The van der Waals surface area contributed by atoms with Crippen LogP contribution in [0.5, 0.6) is 0 Å². The van der Waals surface area contributed by atoms with Crippen LogP contribution < -0.4 is 5.32 Å². The molecule has 0 aliphatic rings. The van der Waals surface area contributed by atoms with Crippen molar-refractivity contribution >= 4 is 10.9 Å². The Balaban J connectivity index is 2.07. The Morgan fingerprint density at radius 2 is 2.12 bits per heavy atom. The maximum Gasteiger partial charge on any atom is 0.0705 e. The second-order valence-corrected chi connectivity index (χ2v) is 4.15. The molecule has 17 heavy (non-hydrogen) atoms. The van der Waals surface area contributed by atoms with Crippen LogP contribution in [0, 0.1) is 6.92 Å². The van der Waals surface area contributed by atoms with Gasteiger partial charge in [0.05, 0.1) is 12.1 Å². The minimum atomic E-state index is 0.744. The lowest BCUT2D eigenvalue weighted by atomic mass is 10.1. The fourth-order valence-corrected chi connectivity index (χ4v) is 1.79. The lowest BCUT2D eigenvalue weighted by Crippen LogP contribution is -2.18. The van der Waals surface area contributed by atoms with Crippen molar-refractivity contribution in [2.75, 3.05) is 20.3 Å². The number of fused-ring (bicyclic) bond motifs is 1. The summed E-state index contributed by atoms with van der Waals surface area (Å²) in [5.74, 6) is 0. The van der Waals surface area contributed by atoms with Crippen LogP contribution in [0.1, 0.15) is 11.3 Å². The van der Waals surface area contributed by atoms with Crippen LogP contribution in [0.3, 0.4) is 0 Å². The number of hydrogen-bond donors (Lipinski definition) is 1. The summed E-state index contributed by atoms with van der Waals surface area (Å²) in [6, 6.07) is 10.5. The largest absolute Gasteiger partial charge is 0.383 e. The molecule has 1 heterocycles. The number of nitrogens with one attached hydrogen (secondary N) is 1. The van der Waals surface area contributed by atoms with Gasteiger partial charge in [-0.05, 0) is 30.7 Å². The first kappa shape index (κ1) is 12.0. The molecule has 0 saturated carbocycles. The Hall–Kier alpha value is -1.45. The second-order valence-electron chi connectivity index (χ2n) is 4.15. The van der Waals surface area contributed by atoms with E-state index in [-0.39, 0.29) is 0 Å². The summed E-state index contributed by atoms with van der Waals surface area (Å²) < 4.78 is 4.99.